The van der Waals surface area contributed by atoms with E-state index in [9.17, 15) is 9.90 Å². The van der Waals surface area contributed by atoms with Crippen molar-refractivity contribution in [3.05, 3.63) is 41.2 Å². The number of anilines is 1. The minimum atomic E-state index is -0.899. The van der Waals surface area contributed by atoms with E-state index in [1.165, 1.54) is 4.90 Å². The number of carbonyl (C=O) groups is 1. The van der Waals surface area contributed by atoms with Gasteiger partial charge in [0.15, 0.2) is 12.4 Å². The van der Waals surface area contributed by atoms with Gasteiger partial charge in [-0.15, -0.1) is 0 Å². The van der Waals surface area contributed by atoms with E-state index < -0.39 is 6.09 Å². The molecule has 37 heavy (non-hydrogen) atoms. The zero-order valence-corrected chi connectivity index (χ0v) is 22.2. The van der Waals surface area contributed by atoms with Crippen LogP contribution in [-0.2, 0) is 11.8 Å². The minimum Gasteiger partial charge on any atom is -0.466 e. The number of amides is 1. The lowest BCUT2D eigenvalue weighted by Gasteiger charge is -2.43. The number of nitrogens with zero attached hydrogens (tertiary/aromatic N) is 6. The van der Waals surface area contributed by atoms with E-state index in [0.717, 1.165) is 33.1 Å². The summed E-state index contributed by atoms with van der Waals surface area (Å²) in [6.07, 6.45) is 2.82. The second-order valence-corrected chi connectivity index (χ2v) is 9.92. The Morgan fingerprint density at radius 1 is 1.22 bits per heavy atom. The van der Waals surface area contributed by atoms with Crippen LogP contribution in [0.15, 0.2) is 30.6 Å². The molecule has 0 bridgehead atoms. The van der Waals surface area contributed by atoms with Crippen LogP contribution in [-0.4, -0.2) is 74.9 Å². The van der Waals surface area contributed by atoms with Gasteiger partial charge in [-0.2, -0.15) is 5.10 Å². The predicted molar refractivity (Wildman–Crippen MR) is 142 cm³/mol. The first-order valence-electron chi connectivity index (χ1n) is 12.0. The lowest BCUT2D eigenvalue weighted by Crippen LogP contribution is -2.58. The summed E-state index contributed by atoms with van der Waals surface area (Å²) in [6, 6.07) is 5.48. The van der Waals surface area contributed by atoms with Crippen LogP contribution in [0.3, 0.4) is 0 Å². The summed E-state index contributed by atoms with van der Waals surface area (Å²) >= 11 is 6.80. The van der Waals surface area contributed by atoms with E-state index in [4.69, 9.17) is 26.1 Å². The number of rotatable bonds is 5. The zero-order valence-electron chi connectivity index (χ0n) is 21.4. The summed E-state index contributed by atoms with van der Waals surface area (Å²) in [5, 5.41) is 16.3. The van der Waals surface area contributed by atoms with Gasteiger partial charge in [-0.1, -0.05) is 11.6 Å². The Kier molecular flexibility index (Phi) is 6.55. The van der Waals surface area contributed by atoms with E-state index >= 15 is 0 Å². The molecule has 5 rings (SSSR count). The molecular formula is C26H29ClN6O4. The summed E-state index contributed by atoms with van der Waals surface area (Å²) in [5.41, 5.74) is 4.53. The first-order chi connectivity index (χ1) is 17.7. The van der Waals surface area contributed by atoms with Gasteiger partial charge in [0.2, 0.25) is 0 Å². The molecule has 0 aliphatic carbocycles. The minimum absolute atomic E-state index is 0.0844. The number of aromatic nitrogens is 4. The number of halogens is 1. The normalized spacial score (nSPS) is 18.1. The maximum atomic E-state index is 11.6. The molecule has 2 unspecified atom stereocenters. The van der Waals surface area contributed by atoms with Crippen LogP contribution in [0.4, 0.5) is 10.5 Å². The van der Waals surface area contributed by atoms with Gasteiger partial charge < -0.3 is 19.5 Å². The lowest BCUT2D eigenvalue weighted by molar-refractivity contribution is 0.0511. The largest absolute Gasteiger partial charge is 0.466 e. The Morgan fingerprint density at radius 3 is 2.62 bits per heavy atom. The van der Waals surface area contributed by atoms with E-state index in [2.05, 4.69) is 15.0 Å². The predicted octanol–water partition coefficient (Wildman–Crippen LogP) is 4.71. The van der Waals surface area contributed by atoms with E-state index in [-0.39, 0.29) is 18.9 Å². The Labute approximate surface area is 219 Å². The van der Waals surface area contributed by atoms with Crippen molar-refractivity contribution in [2.45, 2.75) is 32.9 Å². The number of methoxy groups -OCH3 is 1. The number of fused-ring (bicyclic) bond motifs is 2. The molecule has 3 aromatic heterocycles. The molecule has 1 saturated heterocycles. The Bertz CT molecular complexity index is 1490. The molecule has 1 aliphatic heterocycles. The third-order valence-corrected chi connectivity index (χ3v) is 7.11. The highest BCUT2D eigenvalue weighted by molar-refractivity contribution is 6.35. The van der Waals surface area contributed by atoms with Crippen molar-refractivity contribution in [2.75, 3.05) is 31.9 Å². The van der Waals surface area contributed by atoms with Crippen molar-refractivity contribution in [3.8, 4) is 17.0 Å². The molecule has 0 saturated carbocycles. The Balaban J connectivity index is 1.55. The number of carboxylic acid groups (broad SMARTS) is 1. The second-order valence-electron chi connectivity index (χ2n) is 9.52. The van der Waals surface area contributed by atoms with Gasteiger partial charge in [0.05, 0.1) is 40.2 Å². The van der Waals surface area contributed by atoms with Gasteiger partial charge in [-0.25, -0.2) is 14.8 Å². The molecule has 2 atom stereocenters. The molecule has 4 heterocycles. The third kappa shape index (κ3) is 4.51. The van der Waals surface area contributed by atoms with Crippen LogP contribution in [0, 0.1) is 6.92 Å². The average Bonchev–Trinajstić information content (AvgIpc) is 3.23. The number of aryl methyl sites for hydroxylation is 2. The molecule has 1 aromatic carbocycles. The molecule has 10 nitrogen and oxygen atoms in total. The molecule has 0 radical (unpaired) electrons. The molecule has 194 valence electrons. The van der Waals surface area contributed by atoms with E-state index in [0.29, 0.717) is 35.2 Å². The van der Waals surface area contributed by atoms with Crippen LogP contribution < -0.4 is 9.64 Å². The molecule has 1 aliphatic rings. The summed E-state index contributed by atoms with van der Waals surface area (Å²) in [7, 11) is 3.45. The quantitative estimate of drug-likeness (QED) is 0.374. The molecular weight excluding hydrogens is 496 g/mol. The summed E-state index contributed by atoms with van der Waals surface area (Å²) in [6.45, 7) is 7.01. The molecule has 0 spiro atoms. The molecule has 1 amide bonds. The fourth-order valence-electron chi connectivity index (χ4n) is 5.21. The van der Waals surface area contributed by atoms with E-state index in [1.807, 2.05) is 52.2 Å². The fraction of sp³-hybridized carbons (Fsp3) is 0.385. The Hall–Kier alpha value is -3.63. The van der Waals surface area contributed by atoms with Crippen molar-refractivity contribution in [1.29, 1.82) is 0 Å². The number of piperazine rings is 1. The van der Waals surface area contributed by atoms with Crippen LogP contribution in [0.2, 0.25) is 5.02 Å². The first-order valence-corrected chi connectivity index (χ1v) is 12.4. The van der Waals surface area contributed by atoms with Crippen LogP contribution in [0.1, 0.15) is 19.4 Å². The first kappa shape index (κ1) is 25.0. The standard InChI is InChI=1S/C26H29ClN6O4/c1-14-10-32(11-15(2)33(14)26(34)35)18-7-19-21(27)8-22(29-25(19)28-9-18)20-6-17-12-31(4)30-23(17)16(3)24(20)37-13-36-5/h6-9,12,14-15H,10-11,13H2,1-5H3,(H,34,35). The van der Waals surface area contributed by atoms with Crippen molar-refractivity contribution in [3.63, 3.8) is 0 Å². The topological polar surface area (TPSA) is 106 Å². The number of hydrogen-bond acceptors (Lipinski definition) is 7. The van der Waals surface area contributed by atoms with Crippen molar-refractivity contribution >= 4 is 45.3 Å². The monoisotopic (exact) mass is 524 g/mol. The van der Waals surface area contributed by atoms with Crippen molar-refractivity contribution in [2.24, 2.45) is 7.05 Å². The Morgan fingerprint density at radius 2 is 1.95 bits per heavy atom. The SMILES string of the molecule is COCOc1c(-c2cc(Cl)c3cc(N4CC(C)N(C(=O)O)C(C)C4)cnc3n2)cc2cn(C)nc2c1C. The molecule has 4 aromatic rings. The highest BCUT2D eigenvalue weighted by Crippen LogP contribution is 2.39. The zero-order chi connectivity index (χ0) is 26.4. The number of pyridine rings is 2. The summed E-state index contributed by atoms with van der Waals surface area (Å²) in [5.74, 6) is 0.631. The van der Waals surface area contributed by atoms with E-state index in [1.54, 1.807) is 18.0 Å². The van der Waals surface area contributed by atoms with Gasteiger partial charge in [0, 0.05) is 55.3 Å². The molecule has 1 fully saturated rings. The second kappa shape index (κ2) is 9.68. The molecule has 11 heteroatoms. The summed E-state index contributed by atoms with van der Waals surface area (Å²) in [4.78, 5) is 24.7. The van der Waals surface area contributed by atoms with Crippen molar-refractivity contribution in [1.82, 2.24) is 24.6 Å². The highest BCUT2D eigenvalue weighted by Gasteiger charge is 2.33. The van der Waals surface area contributed by atoms with Gasteiger partial charge in [0.25, 0.3) is 0 Å². The van der Waals surface area contributed by atoms with Crippen LogP contribution in [0.25, 0.3) is 33.2 Å². The van der Waals surface area contributed by atoms with Crippen molar-refractivity contribution < 1.29 is 19.4 Å². The number of ether oxygens (including phenoxy) is 2. The van der Waals surface area contributed by atoms with Gasteiger partial charge in [-0.3, -0.25) is 9.58 Å². The lowest BCUT2D eigenvalue weighted by atomic mass is 10.0. The van der Waals surface area contributed by atoms with Crippen LogP contribution >= 0.6 is 11.6 Å². The maximum absolute atomic E-state index is 11.6. The fourth-order valence-corrected chi connectivity index (χ4v) is 5.45. The number of benzene rings is 1. The number of hydrogen-bond donors (Lipinski definition) is 1. The van der Waals surface area contributed by atoms with Gasteiger partial charge >= 0.3 is 6.09 Å². The molecule has 1 N–H and O–H groups in total. The van der Waals surface area contributed by atoms with Gasteiger partial charge in [-0.05, 0) is 39.0 Å². The highest BCUT2D eigenvalue weighted by atomic mass is 35.5. The third-order valence-electron chi connectivity index (χ3n) is 6.80. The smallest absolute Gasteiger partial charge is 0.407 e. The summed E-state index contributed by atoms with van der Waals surface area (Å²) < 4.78 is 12.9. The maximum Gasteiger partial charge on any atom is 0.407 e. The van der Waals surface area contributed by atoms with Gasteiger partial charge in [0.1, 0.15) is 5.75 Å². The van der Waals surface area contributed by atoms with Crippen LogP contribution in [0.5, 0.6) is 5.75 Å². The average molecular weight is 525 g/mol.